The molecule has 0 spiro atoms. The van der Waals surface area contributed by atoms with Crippen LogP contribution < -0.4 is 9.47 Å². The maximum absolute atomic E-state index is 15.0. The van der Waals surface area contributed by atoms with E-state index in [0.29, 0.717) is 40.7 Å². The molecule has 2 aromatic heterocycles. The third kappa shape index (κ3) is 6.55. The molecule has 0 aliphatic carbocycles. The third-order valence-electron chi connectivity index (χ3n) is 6.17. The van der Waals surface area contributed by atoms with E-state index in [1.165, 1.54) is 6.07 Å². The van der Waals surface area contributed by atoms with Crippen LogP contribution in [0.4, 0.5) is 4.39 Å². The van der Waals surface area contributed by atoms with Crippen molar-refractivity contribution >= 4 is 11.6 Å². The first-order valence-corrected chi connectivity index (χ1v) is 12.9. The van der Waals surface area contributed by atoms with Crippen molar-refractivity contribution in [3.8, 4) is 34.5 Å². The van der Waals surface area contributed by atoms with Crippen molar-refractivity contribution in [1.29, 1.82) is 0 Å². The summed E-state index contributed by atoms with van der Waals surface area (Å²) in [5.74, 6) is 7.02. The van der Waals surface area contributed by atoms with Gasteiger partial charge in [0.05, 0.1) is 26.1 Å². The molecule has 7 nitrogen and oxygen atoms in total. The van der Waals surface area contributed by atoms with Gasteiger partial charge in [-0.2, -0.15) is 5.10 Å². The molecular weight excluding hydrogens is 497 g/mol. The number of hydrogen-bond acceptors (Lipinski definition) is 6. The number of pyridine rings is 1. The predicted octanol–water partition coefficient (Wildman–Crippen LogP) is 6.31. The smallest absolute Gasteiger partial charge is 0.307 e. The molecule has 0 bridgehead atoms. The zero-order valence-corrected chi connectivity index (χ0v) is 22.8. The van der Waals surface area contributed by atoms with Crippen LogP contribution in [-0.4, -0.2) is 34.3 Å². The number of carbonyl (C=O) groups is 1. The fraction of sp³-hybridized carbons (Fsp3) is 0.323. The monoisotopic (exact) mass is 529 g/mol. The SMILES string of the molecule is CC#CC(CC(=O)OCC)c1ccc(OCc2cc(-c3cc(OC)ccc3F)c3nc(C(C)C)nn3c2)cc1. The molecule has 39 heavy (non-hydrogen) atoms. The molecule has 1 unspecified atom stereocenters. The van der Waals surface area contributed by atoms with Gasteiger partial charge in [0.2, 0.25) is 0 Å². The zero-order valence-electron chi connectivity index (χ0n) is 22.8. The highest BCUT2D eigenvalue weighted by atomic mass is 19.1. The highest BCUT2D eigenvalue weighted by molar-refractivity contribution is 5.79. The van der Waals surface area contributed by atoms with Gasteiger partial charge < -0.3 is 14.2 Å². The molecule has 0 radical (unpaired) electrons. The molecular formula is C31H32FN3O4. The van der Waals surface area contributed by atoms with Gasteiger partial charge in [-0.15, -0.1) is 5.92 Å². The molecule has 0 fully saturated rings. The number of rotatable bonds is 10. The molecule has 0 aliphatic rings. The van der Waals surface area contributed by atoms with E-state index < -0.39 is 0 Å². The topological polar surface area (TPSA) is 75.0 Å². The number of benzene rings is 2. The molecule has 4 aromatic rings. The van der Waals surface area contributed by atoms with Crippen LogP contribution >= 0.6 is 0 Å². The van der Waals surface area contributed by atoms with Gasteiger partial charge in [0.15, 0.2) is 11.5 Å². The maximum Gasteiger partial charge on any atom is 0.307 e. The fourth-order valence-corrected chi connectivity index (χ4v) is 4.19. The zero-order chi connectivity index (χ0) is 27.9. The molecule has 0 aliphatic heterocycles. The third-order valence-corrected chi connectivity index (χ3v) is 6.17. The van der Waals surface area contributed by atoms with Crippen LogP contribution in [0.1, 0.15) is 62.9 Å². The van der Waals surface area contributed by atoms with E-state index in [1.807, 2.05) is 50.4 Å². The van der Waals surface area contributed by atoms with E-state index in [-0.39, 0.29) is 36.7 Å². The Kier molecular flexibility index (Phi) is 8.82. The molecule has 1 atom stereocenters. The number of fused-ring (bicyclic) bond motifs is 1. The first-order valence-electron chi connectivity index (χ1n) is 12.9. The van der Waals surface area contributed by atoms with Gasteiger partial charge in [-0.25, -0.2) is 13.9 Å². The van der Waals surface area contributed by atoms with Crippen molar-refractivity contribution in [2.75, 3.05) is 13.7 Å². The molecule has 0 saturated carbocycles. The van der Waals surface area contributed by atoms with E-state index in [4.69, 9.17) is 14.2 Å². The van der Waals surface area contributed by atoms with Crippen LogP contribution in [0.15, 0.2) is 54.7 Å². The van der Waals surface area contributed by atoms with Crippen LogP contribution in [0, 0.1) is 17.7 Å². The minimum atomic E-state index is -0.381. The number of halogens is 1. The summed E-state index contributed by atoms with van der Waals surface area (Å²) in [7, 11) is 1.55. The Morgan fingerprint density at radius 3 is 2.49 bits per heavy atom. The summed E-state index contributed by atoms with van der Waals surface area (Å²) >= 11 is 0. The molecule has 2 aromatic carbocycles. The molecule has 0 N–H and O–H groups in total. The van der Waals surface area contributed by atoms with Crippen molar-refractivity contribution < 1.29 is 23.4 Å². The summed E-state index contributed by atoms with van der Waals surface area (Å²) in [6.07, 6.45) is 2.03. The second-order valence-corrected chi connectivity index (χ2v) is 9.31. The van der Waals surface area contributed by atoms with E-state index in [0.717, 1.165) is 11.1 Å². The molecule has 2 heterocycles. The van der Waals surface area contributed by atoms with E-state index >= 15 is 0 Å². The van der Waals surface area contributed by atoms with Gasteiger partial charge in [-0.1, -0.05) is 31.9 Å². The van der Waals surface area contributed by atoms with Gasteiger partial charge in [-0.3, -0.25) is 4.79 Å². The van der Waals surface area contributed by atoms with Gasteiger partial charge in [-0.05, 0) is 55.8 Å². The van der Waals surface area contributed by atoms with Crippen molar-refractivity contribution in [3.63, 3.8) is 0 Å². The Hall–Kier alpha value is -4.38. The molecule has 0 amide bonds. The van der Waals surface area contributed by atoms with E-state index in [1.54, 1.807) is 37.6 Å². The first-order chi connectivity index (χ1) is 18.8. The number of esters is 1. The lowest BCUT2D eigenvalue weighted by Crippen LogP contribution is -2.09. The fourth-order valence-electron chi connectivity index (χ4n) is 4.19. The summed E-state index contributed by atoms with van der Waals surface area (Å²) in [4.78, 5) is 16.7. The van der Waals surface area contributed by atoms with E-state index in [2.05, 4.69) is 21.9 Å². The number of carbonyl (C=O) groups excluding carboxylic acids is 1. The molecule has 0 saturated heterocycles. The lowest BCUT2D eigenvalue weighted by atomic mass is 9.96. The van der Waals surface area contributed by atoms with Crippen molar-refractivity contribution in [2.24, 2.45) is 0 Å². The number of nitrogens with zero attached hydrogens (tertiary/aromatic N) is 3. The van der Waals surface area contributed by atoms with Crippen LogP contribution in [-0.2, 0) is 16.1 Å². The molecule has 4 rings (SSSR count). The summed E-state index contributed by atoms with van der Waals surface area (Å²) in [5.41, 5.74) is 3.23. The Morgan fingerprint density at radius 1 is 1.08 bits per heavy atom. The summed E-state index contributed by atoms with van der Waals surface area (Å²) in [6.45, 7) is 8.12. The molecule has 8 heteroatoms. The Labute approximate surface area is 227 Å². The van der Waals surface area contributed by atoms with Crippen molar-refractivity contribution in [1.82, 2.24) is 14.6 Å². The van der Waals surface area contributed by atoms with Crippen LogP contribution in [0.2, 0.25) is 0 Å². The number of methoxy groups -OCH3 is 1. The minimum absolute atomic E-state index is 0.108. The quantitative estimate of drug-likeness (QED) is 0.177. The van der Waals surface area contributed by atoms with E-state index in [9.17, 15) is 9.18 Å². The number of ether oxygens (including phenoxy) is 3. The first kappa shape index (κ1) is 27.6. The van der Waals surface area contributed by atoms with Gasteiger partial charge in [0, 0.05) is 28.8 Å². The summed E-state index contributed by atoms with van der Waals surface area (Å²) in [6, 6.07) is 14.0. The van der Waals surface area contributed by atoms with Gasteiger partial charge in [0.25, 0.3) is 0 Å². The second-order valence-electron chi connectivity index (χ2n) is 9.31. The highest BCUT2D eigenvalue weighted by Gasteiger charge is 2.18. The van der Waals surface area contributed by atoms with Gasteiger partial charge >= 0.3 is 5.97 Å². The number of aromatic nitrogens is 3. The Morgan fingerprint density at radius 2 is 1.82 bits per heavy atom. The summed E-state index contributed by atoms with van der Waals surface area (Å²) in [5, 5.41) is 4.62. The normalized spacial score (nSPS) is 11.7. The average molecular weight is 530 g/mol. The average Bonchev–Trinajstić information content (AvgIpc) is 3.37. The van der Waals surface area contributed by atoms with Gasteiger partial charge in [0.1, 0.15) is 23.9 Å². The standard InChI is InChI=1S/C31H32FN3O4/c1-6-8-23(16-29(36)38-7-2)22-9-11-24(12-10-22)39-19-21-15-27(26-17-25(37-5)13-14-28(26)32)31-33-30(20(3)4)34-35(31)18-21/h9-15,17-18,20,23H,7,16,19H2,1-5H3. The second kappa shape index (κ2) is 12.4. The van der Waals surface area contributed by atoms with Crippen LogP contribution in [0.3, 0.4) is 0 Å². The predicted molar refractivity (Wildman–Crippen MR) is 147 cm³/mol. The largest absolute Gasteiger partial charge is 0.497 e. The number of hydrogen-bond donors (Lipinski definition) is 0. The lowest BCUT2D eigenvalue weighted by molar-refractivity contribution is -0.143. The van der Waals surface area contributed by atoms with Crippen LogP contribution in [0.5, 0.6) is 11.5 Å². The lowest BCUT2D eigenvalue weighted by Gasteiger charge is -2.13. The molecule has 202 valence electrons. The highest BCUT2D eigenvalue weighted by Crippen LogP contribution is 2.32. The van der Waals surface area contributed by atoms with Crippen LogP contribution in [0.25, 0.3) is 16.8 Å². The minimum Gasteiger partial charge on any atom is -0.497 e. The maximum atomic E-state index is 15.0. The summed E-state index contributed by atoms with van der Waals surface area (Å²) < 4.78 is 33.1. The van der Waals surface area contributed by atoms with Crippen molar-refractivity contribution in [2.45, 2.75) is 52.6 Å². The Balaban J connectivity index is 1.61. The Bertz CT molecular complexity index is 1520. The van der Waals surface area contributed by atoms with Crippen molar-refractivity contribution in [3.05, 3.63) is 77.5 Å².